The van der Waals surface area contributed by atoms with Crippen LogP contribution in [0.1, 0.15) is 22.7 Å². The molecule has 0 saturated carbocycles. The minimum absolute atomic E-state index is 0.214. The zero-order chi connectivity index (χ0) is 14.5. The molecule has 2 rings (SSSR count). The Morgan fingerprint density at radius 1 is 1.30 bits per heavy atom. The third-order valence-electron chi connectivity index (χ3n) is 3.31. The van der Waals surface area contributed by atoms with Gasteiger partial charge in [-0.2, -0.15) is 0 Å². The molecule has 0 saturated heterocycles. The van der Waals surface area contributed by atoms with E-state index in [1.807, 2.05) is 31.6 Å². The van der Waals surface area contributed by atoms with E-state index in [1.54, 1.807) is 7.11 Å². The summed E-state index contributed by atoms with van der Waals surface area (Å²) >= 11 is 3.52. The Kier molecular flexibility index (Phi) is 5.15. The smallest absolute Gasteiger partial charge is 0.122 e. The van der Waals surface area contributed by atoms with Crippen LogP contribution in [0, 0.1) is 6.92 Å². The minimum Gasteiger partial charge on any atom is -0.496 e. The number of rotatable bonds is 5. The van der Waals surface area contributed by atoms with Crippen molar-refractivity contribution < 1.29 is 4.74 Å². The SMILES string of the molecule is CNC(Cc1cc(Br)ccc1OC)c1cncc(C)c1. The summed E-state index contributed by atoms with van der Waals surface area (Å²) in [6.45, 7) is 2.06. The Balaban J connectivity index is 2.28. The van der Waals surface area contributed by atoms with Gasteiger partial charge in [0.15, 0.2) is 0 Å². The van der Waals surface area contributed by atoms with Gasteiger partial charge in [0.05, 0.1) is 7.11 Å². The molecule has 1 unspecified atom stereocenters. The van der Waals surface area contributed by atoms with Gasteiger partial charge >= 0.3 is 0 Å². The van der Waals surface area contributed by atoms with E-state index in [2.05, 4.69) is 45.3 Å². The van der Waals surface area contributed by atoms with Gasteiger partial charge in [0.25, 0.3) is 0 Å². The fourth-order valence-electron chi connectivity index (χ4n) is 2.28. The zero-order valence-electron chi connectivity index (χ0n) is 12.0. The molecule has 0 aliphatic rings. The van der Waals surface area contributed by atoms with Crippen LogP contribution in [0.15, 0.2) is 41.1 Å². The fraction of sp³-hybridized carbons (Fsp3) is 0.312. The van der Waals surface area contributed by atoms with Gasteiger partial charge in [0, 0.05) is 22.9 Å². The number of halogens is 1. The molecular formula is C16H19BrN2O. The van der Waals surface area contributed by atoms with Crippen molar-refractivity contribution in [3.05, 3.63) is 57.8 Å². The fourth-order valence-corrected chi connectivity index (χ4v) is 2.69. The van der Waals surface area contributed by atoms with Crippen molar-refractivity contribution in [1.82, 2.24) is 10.3 Å². The Morgan fingerprint density at radius 2 is 2.10 bits per heavy atom. The number of ether oxygens (including phenoxy) is 1. The normalized spacial score (nSPS) is 12.2. The van der Waals surface area contributed by atoms with E-state index in [0.29, 0.717) is 0 Å². The van der Waals surface area contributed by atoms with Crippen molar-refractivity contribution >= 4 is 15.9 Å². The van der Waals surface area contributed by atoms with Crippen molar-refractivity contribution in [3.63, 3.8) is 0 Å². The first-order valence-corrected chi connectivity index (χ1v) is 7.34. The molecule has 1 atom stereocenters. The second-order valence-electron chi connectivity index (χ2n) is 4.80. The van der Waals surface area contributed by atoms with Crippen LogP contribution in [0.3, 0.4) is 0 Å². The maximum atomic E-state index is 5.44. The van der Waals surface area contributed by atoms with E-state index in [0.717, 1.165) is 16.6 Å². The molecule has 2 aromatic rings. The van der Waals surface area contributed by atoms with Crippen LogP contribution < -0.4 is 10.1 Å². The third kappa shape index (κ3) is 3.58. The Morgan fingerprint density at radius 3 is 2.75 bits per heavy atom. The molecule has 1 aromatic heterocycles. The maximum Gasteiger partial charge on any atom is 0.122 e. The number of hydrogen-bond donors (Lipinski definition) is 1. The van der Waals surface area contributed by atoms with Gasteiger partial charge in [0.2, 0.25) is 0 Å². The molecule has 4 heteroatoms. The Labute approximate surface area is 128 Å². The first kappa shape index (κ1) is 15.0. The van der Waals surface area contributed by atoms with Crippen LogP contribution in [-0.4, -0.2) is 19.1 Å². The Bertz CT molecular complexity index is 586. The van der Waals surface area contributed by atoms with Crippen molar-refractivity contribution in [3.8, 4) is 5.75 Å². The highest BCUT2D eigenvalue weighted by Crippen LogP contribution is 2.27. The van der Waals surface area contributed by atoms with E-state index in [4.69, 9.17) is 4.74 Å². The molecule has 1 N–H and O–H groups in total. The first-order valence-electron chi connectivity index (χ1n) is 6.55. The maximum absolute atomic E-state index is 5.44. The molecule has 0 fully saturated rings. The monoisotopic (exact) mass is 334 g/mol. The summed E-state index contributed by atoms with van der Waals surface area (Å²) < 4.78 is 6.50. The number of benzene rings is 1. The summed E-state index contributed by atoms with van der Waals surface area (Å²) in [5.74, 6) is 0.911. The molecule has 0 aliphatic carbocycles. The molecule has 0 bridgehead atoms. The number of nitrogens with zero attached hydrogens (tertiary/aromatic N) is 1. The van der Waals surface area contributed by atoms with Crippen LogP contribution in [0.25, 0.3) is 0 Å². The lowest BCUT2D eigenvalue weighted by molar-refractivity contribution is 0.406. The number of methoxy groups -OCH3 is 1. The van der Waals surface area contributed by atoms with Gasteiger partial charge in [-0.05, 0) is 55.3 Å². The number of aryl methyl sites for hydroxylation is 1. The zero-order valence-corrected chi connectivity index (χ0v) is 13.6. The van der Waals surface area contributed by atoms with E-state index >= 15 is 0 Å². The van der Waals surface area contributed by atoms with Gasteiger partial charge in [-0.3, -0.25) is 4.98 Å². The van der Waals surface area contributed by atoms with Crippen molar-refractivity contribution in [1.29, 1.82) is 0 Å². The molecule has 1 aromatic carbocycles. The van der Waals surface area contributed by atoms with Crippen LogP contribution in [0.4, 0.5) is 0 Å². The number of likely N-dealkylation sites (N-methyl/N-ethyl adjacent to an activating group) is 1. The molecule has 0 aliphatic heterocycles. The van der Waals surface area contributed by atoms with Crippen molar-refractivity contribution in [2.24, 2.45) is 0 Å². The number of hydrogen-bond acceptors (Lipinski definition) is 3. The summed E-state index contributed by atoms with van der Waals surface area (Å²) in [6.07, 6.45) is 4.64. The standard InChI is InChI=1S/C16H19BrN2O/c1-11-6-13(10-19-9-11)15(18-2)8-12-7-14(17)4-5-16(12)20-3/h4-7,9-10,15,18H,8H2,1-3H3. The van der Waals surface area contributed by atoms with Crippen LogP contribution >= 0.6 is 15.9 Å². The summed E-state index contributed by atoms with van der Waals surface area (Å²) in [5, 5.41) is 3.35. The average molecular weight is 335 g/mol. The highest BCUT2D eigenvalue weighted by Gasteiger charge is 2.14. The molecule has 1 heterocycles. The predicted octanol–water partition coefficient (Wildman–Crippen LogP) is 3.66. The van der Waals surface area contributed by atoms with Gasteiger partial charge in [-0.1, -0.05) is 22.0 Å². The van der Waals surface area contributed by atoms with Crippen LogP contribution in [-0.2, 0) is 6.42 Å². The average Bonchev–Trinajstić information content (AvgIpc) is 2.45. The number of aromatic nitrogens is 1. The minimum atomic E-state index is 0.214. The van der Waals surface area contributed by atoms with E-state index < -0.39 is 0 Å². The van der Waals surface area contributed by atoms with Crippen LogP contribution in [0.2, 0.25) is 0 Å². The van der Waals surface area contributed by atoms with Crippen molar-refractivity contribution in [2.45, 2.75) is 19.4 Å². The predicted molar refractivity (Wildman–Crippen MR) is 85.2 cm³/mol. The highest BCUT2D eigenvalue weighted by atomic mass is 79.9. The first-order chi connectivity index (χ1) is 9.63. The summed E-state index contributed by atoms with van der Waals surface area (Å²) in [5.41, 5.74) is 3.53. The number of nitrogens with one attached hydrogen (secondary N) is 1. The second kappa shape index (κ2) is 6.86. The topological polar surface area (TPSA) is 34.1 Å². The molecular weight excluding hydrogens is 316 g/mol. The molecule has 3 nitrogen and oxygen atoms in total. The van der Waals surface area contributed by atoms with E-state index in [9.17, 15) is 0 Å². The summed E-state index contributed by atoms with van der Waals surface area (Å²) in [7, 11) is 3.67. The van der Waals surface area contributed by atoms with E-state index in [1.165, 1.54) is 16.7 Å². The highest BCUT2D eigenvalue weighted by molar-refractivity contribution is 9.10. The third-order valence-corrected chi connectivity index (χ3v) is 3.81. The molecule has 20 heavy (non-hydrogen) atoms. The lowest BCUT2D eigenvalue weighted by atomic mass is 9.99. The summed E-state index contributed by atoms with van der Waals surface area (Å²) in [4.78, 5) is 4.27. The number of pyridine rings is 1. The molecule has 0 radical (unpaired) electrons. The molecule has 0 spiro atoms. The molecule has 0 amide bonds. The largest absolute Gasteiger partial charge is 0.496 e. The van der Waals surface area contributed by atoms with Gasteiger partial charge in [-0.15, -0.1) is 0 Å². The lowest BCUT2D eigenvalue weighted by Gasteiger charge is -2.18. The second-order valence-corrected chi connectivity index (χ2v) is 5.71. The molecule has 106 valence electrons. The Hall–Kier alpha value is -1.39. The van der Waals surface area contributed by atoms with Gasteiger partial charge in [0.1, 0.15) is 5.75 Å². The van der Waals surface area contributed by atoms with Gasteiger partial charge < -0.3 is 10.1 Å². The van der Waals surface area contributed by atoms with Gasteiger partial charge in [-0.25, -0.2) is 0 Å². The van der Waals surface area contributed by atoms with Crippen LogP contribution in [0.5, 0.6) is 5.75 Å². The van der Waals surface area contributed by atoms with Crippen molar-refractivity contribution in [2.75, 3.05) is 14.2 Å². The quantitative estimate of drug-likeness (QED) is 0.905. The summed E-state index contributed by atoms with van der Waals surface area (Å²) in [6, 6.07) is 8.46. The lowest BCUT2D eigenvalue weighted by Crippen LogP contribution is -2.19. The van der Waals surface area contributed by atoms with E-state index in [-0.39, 0.29) is 6.04 Å².